The molecule has 0 heterocycles. The Balaban J connectivity index is 4.61. The van der Waals surface area contributed by atoms with Gasteiger partial charge in [0.25, 0.3) is 0 Å². The summed E-state index contributed by atoms with van der Waals surface area (Å²) in [5, 5.41) is 0. The van der Waals surface area contributed by atoms with E-state index in [1.807, 2.05) is 27.7 Å². The molecule has 0 aliphatic heterocycles. The van der Waals surface area contributed by atoms with Crippen molar-refractivity contribution in [1.29, 1.82) is 0 Å². The van der Waals surface area contributed by atoms with Crippen molar-refractivity contribution in [2.24, 2.45) is 5.92 Å². The number of nitrogens with zero attached hydrogens (tertiary/aromatic N) is 1. The third-order valence-electron chi connectivity index (χ3n) is 2.92. The van der Waals surface area contributed by atoms with Gasteiger partial charge in [0.1, 0.15) is 6.04 Å². The highest BCUT2D eigenvalue weighted by atomic mass is 19.4. The van der Waals surface area contributed by atoms with E-state index >= 15 is 0 Å². The van der Waals surface area contributed by atoms with Crippen LogP contribution in [0, 0.1) is 5.92 Å². The van der Waals surface area contributed by atoms with Gasteiger partial charge < -0.3 is 0 Å². The molecule has 0 rings (SSSR count). The monoisotopic (exact) mass is 225 g/mol. The standard InChI is InChI=1S/C11H22F3N/c1-8(2)7-10(4,5)15(6)9(3)11(12,13)14/h8-9H,7H2,1-6H3/t9-/m0/s1. The van der Waals surface area contributed by atoms with Crippen molar-refractivity contribution in [1.82, 2.24) is 4.90 Å². The molecular weight excluding hydrogens is 203 g/mol. The minimum atomic E-state index is -4.15. The first-order chi connectivity index (χ1) is 6.48. The van der Waals surface area contributed by atoms with Crippen LogP contribution in [0.2, 0.25) is 0 Å². The zero-order valence-electron chi connectivity index (χ0n) is 10.4. The Morgan fingerprint density at radius 1 is 1.07 bits per heavy atom. The predicted octanol–water partition coefficient (Wildman–Crippen LogP) is 3.69. The molecule has 0 N–H and O–H groups in total. The highest BCUT2D eigenvalue weighted by molar-refractivity contribution is 4.86. The van der Waals surface area contributed by atoms with E-state index in [0.29, 0.717) is 5.92 Å². The fraction of sp³-hybridized carbons (Fsp3) is 1.00. The highest BCUT2D eigenvalue weighted by Gasteiger charge is 2.43. The van der Waals surface area contributed by atoms with Gasteiger partial charge in [-0.2, -0.15) is 13.2 Å². The first-order valence-corrected chi connectivity index (χ1v) is 5.28. The lowest BCUT2D eigenvalue weighted by atomic mass is 9.90. The lowest BCUT2D eigenvalue weighted by Crippen LogP contribution is -2.52. The van der Waals surface area contributed by atoms with Gasteiger partial charge >= 0.3 is 6.18 Å². The van der Waals surface area contributed by atoms with Crippen molar-refractivity contribution in [2.75, 3.05) is 7.05 Å². The van der Waals surface area contributed by atoms with Crippen molar-refractivity contribution >= 4 is 0 Å². The summed E-state index contributed by atoms with van der Waals surface area (Å²) in [4.78, 5) is 1.41. The Hall–Kier alpha value is -0.250. The molecule has 0 aliphatic rings. The molecular formula is C11H22F3N. The van der Waals surface area contributed by atoms with E-state index < -0.39 is 17.8 Å². The third kappa shape index (κ3) is 4.41. The predicted molar refractivity (Wildman–Crippen MR) is 56.8 cm³/mol. The second-order valence-corrected chi connectivity index (χ2v) is 5.24. The summed E-state index contributed by atoms with van der Waals surface area (Å²) in [7, 11) is 1.54. The Morgan fingerprint density at radius 3 is 1.73 bits per heavy atom. The molecule has 4 heteroatoms. The van der Waals surface area contributed by atoms with Crippen molar-refractivity contribution < 1.29 is 13.2 Å². The fourth-order valence-corrected chi connectivity index (χ4v) is 1.89. The van der Waals surface area contributed by atoms with Gasteiger partial charge in [0, 0.05) is 5.54 Å². The van der Waals surface area contributed by atoms with Gasteiger partial charge in [0.15, 0.2) is 0 Å². The minimum absolute atomic E-state index is 0.392. The normalized spacial score (nSPS) is 16.2. The Labute approximate surface area is 90.6 Å². The van der Waals surface area contributed by atoms with E-state index in [-0.39, 0.29) is 0 Å². The van der Waals surface area contributed by atoms with Crippen LogP contribution in [0.4, 0.5) is 13.2 Å². The average molecular weight is 225 g/mol. The molecule has 15 heavy (non-hydrogen) atoms. The van der Waals surface area contributed by atoms with Crippen LogP contribution in [0.1, 0.15) is 41.0 Å². The molecule has 0 spiro atoms. The van der Waals surface area contributed by atoms with E-state index in [2.05, 4.69) is 0 Å². The van der Waals surface area contributed by atoms with Gasteiger partial charge in [-0.3, -0.25) is 4.90 Å². The van der Waals surface area contributed by atoms with Crippen molar-refractivity contribution in [3.05, 3.63) is 0 Å². The Morgan fingerprint density at radius 2 is 1.47 bits per heavy atom. The molecule has 1 nitrogen and oxygen atoms in total. The molecule has 0 radical (unpaired) electrons. The maximum Gasteiger partial charge on any atom is 0.403 e. The first kappa shape index (κ1) is 14.8. The van der Waals surface area contributed by atoms with Crippen LogP contribution >= 0.6 is 0 Å². The van der Waals surface area contributed by atoms with E-state index in [1.165, 1.54) is 11.8 Å². The fourth-order valence-electron chi connectivity index (χ4n) is 1.89. The molecule has 1 atom stereocenters. The summed E-state index contributed by atoms with van der Waals surface area (Å²) in [5.41, 5.74) is -0.427. The van der Waals surface area contributed by atoms with Crippen LogP contribution in [-0.2, 0) is 0 Å². The largest absolute Gasteiger partial charge is 0.403 e. The number of hydrogen-bond donors (Lipinski definition) is 0. The van der Waals surface area contributed by atoms with Crippen molar-refractivity contribution in [3.63, 3.8) is 0 Å². The SMILES string of the molecule is CC(C)CC(C)(C)N(C)[C@@H](C)C(F)(F)F. The average Bonchev–Trinajstić information content (AvgIpc) is 1.97. The summed E-state index contributed by atoms with van der Waals surface area (Å²) < 4.78 is 37.6. The van der Waals surface area contributed by atoms with Gasteiger partial charge in [0.2, 0.25) is 0 Å². The Kier molecular flexibility index (Phi) is 4.65. The van der Waals surface area contributed by atoms with E-state index in [9.17, 15) is 13.2 Å². The summed E-state index contributed by atoms with van der Waals surface area (Å²) >= 11 is 0. The summed E-state index contributed by atoms with van der Waals surface area (Å²) in [5.74, 6) is 0.392. The molecule has 0 amide bonds. The smallest absolute Gasteiger partial charge is 0.290 e. The van der Waals surface area contributed by atoms with Crippen LogP contribution in [0.3, 0.4) is 0 Å². The lowest BCUT2D eigenvalue weighted by molar-refractivity contribution is -0.188. The number of alkyl halides is 3. The summed E-state index contributed by atoms with van der Waals surface area (Å²) in [6, 6.07) is -1.40. The second-order valence-electron chi connectivity index (χ2n) is 5.24. The van der Waals surface area contributed by atoms with Crippen molar-refractivity contribution in [2.45, 2.75) is 58.8 Å². The van der Waals surface area contributed by atoms with E-state index in [1.54, 1.807) is 7.05 Å². The maximum absolute atomic E-state index is 12.5. The topological polar surface area (TPSA) is 3.24 Å². The Bertz CT molecular complexity index is 196. The minimum Gasteiger partial charge on any atom is -0.290 e. The van der Waals surface area contributed by atoms with Gasteiger partial charge in [-0.05, 0) is 40.2 Å². The maximum atomic E-state index is 12.5. The molecule has 0 bridgehead atoms. The molecule has 92 valence electrons. The third-order valence-corrected chi connectivity index (χ3v) is 2.92. The molecule has 0 unspecified atom stereocenters. The summed E-state index contributed by atoms with van der Waals surface area (Å²) in [6.07, 6.45) is -3.40. The van der Waals surface area contributed by atoms with E-state index in [0.717, 1.165) is 6.42 Å². The zero-order valence-corrected chi connectivity index (χ0v) is 10.4. The second kappa shape index (κ2) is 4.73. The molecule has 0 saturated heterocycles. The van der Waals surface area contributed by atoms with E-state index in [4.69, 9.17) is 0 Å². The number of halogens is 3. The van der Waals surface area contributed by atoms with Gasteiger partial charge in [0.05, 0.1) is 0 Å². The van der Waals surface area contributed by atoms with Crippen LogP contribution in [0.25, 0.3) is 0 Å². The molecule has 0 saturated carbocycles. The zero-order chi connectivity index (χ0) is 12.4. The van der Waals surface area contributed by atoms with Crippen LogP contribution < -0.4 is 0 Å². The molecule has 0 aliphatic carbocycles. The lowest BCUT2D eigenvalue weighted by Gasteiger charge is -2.41. The van der Waals surface area contributed by atoms with Crippen LogP contribution in [0.15, 0.2) is 0 Å². The van der Waals surface area contributed by atoms with Crippen LogP contribution in [-0.4, -0.2) is 29.7 Å². The number of hydrogen-bond acceptors (Lipinski definition) is 1. The van der Waals surface area contributed by atoms with Crippen LogP contribution in [0.5, 0.6) is 0 Å². The first-order valence-electron chi connectivity index (χ1n) is 5.28. The number of rotatable bonds is 4. The van der Waals surface area contributed by atoms with Crippen molar-refractivity contribution in [3.8, 4) is 0 Å². The molecule has 0 aromatic heterocycles. The quantitative estimate of drug-likeness (QED) is 0.705. The van der Waals surface area contributed by atoms with Gasteiger partial charge in [-0.15, -0.1) is 0 Å². The molecule has 0 aromatic rings. The van der Waals surface area contributed by atoms with Gasteiger partial charge in [-0.1, -0.05) is 13.8 Å². The highest BCUT2D eigenvalue weighted by Crippen LogP contribution is 2.31. The molecule has 0 fully saturated rings. The summed E-state index contributed by atoms with van der Waals surface area (Å²) in [6.45, 7) is 8.97. The van der Waals surface area contributed by atoms with Gasteiger partial charge in [-0.25, -0.2) is 0 Å². The molecule has 0 aromatic carbocycles.